The molecule has 0 amide bonds. The standard InChI is InChI=1S/4ClH.2Na.2H/h4*1H;;;;. The van der Waals surface area contributed by atoms with Crippen molar-refractivity contribution >= 4 is 109 Å². The van der Waals surface area contributed by atoms with E-state index < -0.39 is 0 Å². The van der Waals surface area contributed by atoms with Crippen LogP contribution in [0.15, 0.2) is 0 Å². The van der Waals surface area contributed by atoms with E-state index in [-0.39, 0.29) is 109 Å². The van der Waals surface area contributed by atoms with Gasteiger partial charge in [-0.25, -0.2) is 0 Å². The predicted octanol–water partition coefficient (Wildman–Crippen LogP) is 0.390. The SMILES string of the molecule is Cl.Cl.Cl.Cl.[NaH].[NaH]. The summed E-state index contributed by atoms with van der Waals surface area (Å²) in [6.07, 6.45) is 0. The van der Waals surface area contributed by atoms with Gasteiger partial charge in [-0.1, -0.05) is 0 Å². The van der Waals surface area contributed by atoms with Crippen LogP contribution in [0.25, 0.3) is 0 Å². The van der Waals surface area contributed by atoms with Crippen LogP contribution < -0.4 is 0 Å². The molecule has 0 fully saturated rings. The van der Waals surface area contributed by atoms with Gasteiger partial charge in [0, 0.05) is 0 Å². The molecule has 0 aromatic heterocycles. The quantitative estimate of drug-likeness (QED) is 0.489. The molecular weight excluding hydrogens is 188 g/mol. The topological polar surface area (TPSA) is 0 Å². The van der Waals surface area contributed by atoms with Crippen LogP contribution in [0.5, 0.6) is 0 Å². The Morgan fingerprint density at radius 3 is 0.333 bits per heavy atom. The predicted molar refractivity (Wildman–Crippen MR) is 43.3 cm³/mol. The summed E-state index contributed by atoms with van der Waals surface area (Å²) in [6.45, 7) is 0. The molecule has 0 radical (unpaired) electrons. The van der Waals surface area contributed by atoms with E-state index in [4.69, 9.17) is 0 Å². The molecule has 0 atom stereocenters. The molecule has 6 heavy (non-hydrogen) atoms. The van der Waals surface area contributed by atoms with E-state index >= 15 is 0 Å². The second-order valence-corrected chi connectivity index (χ2v) is 0. The van der Waals surface area contributed by atoms with Gasteiger partial charge >= 0.3 is 59.1 Å². The van der Waals surface area contributed by atoms with E-state index in [9.17, 15) is 0 Å². The van der Waals surface area contributed by atoms with Gasteiger partial charge in [-0.15, -0.1) is 49.6 Å². The molecule has 0 saturated carbocycles. The summed E-state index contributed by atoms with van der Waals surface area (Å²) in [6, 6.07) is 0. The van der Waals surface area contributed by atoms with E-state index in [1.54, 1.807) is 0 Å². The summed E-state index contributed by atoms with van der Waals surface area (Å²) in [5, 5.41) is 0. The van der Waals surface area contributed by atoms with E-state index in [1.165, 1.54) is 0 Å². The molecule has 0 nitrogen and oxygen atoms in total. The molecule has 0 aliphatic rings. The zero-order valence-corrected chi connectivity index (χ0v) is 4.90. The molecule has 0 aromatic carbocycles. The van der Waals surface area contributed by atoms with Crippen molar-refractivity contribution in [3.8, 4) is 0 Å². The summed E-state index contributed by atoms with van der Waals surface area (Å²) in [4.78, 5) is 0. The van der Waals surface area contributed by atoms with Gasteiger partial charge in [0.25, 0.3) is 0 Å². The third-order valence-corrected chi connectivity index (χ3v) is 0. The van der Waals surface area contributed by atoms with Gasteiger partial charge in [-0.2, -0.15) is 0 Å². The molecule has 0 spiro atoms. The van der Waals surface area contributed by atoms with Crippen LogP contribution in [-0.2, 0) is 0 Å². The molecule has 0 aliphatic carbocycles. The average molecular weight is 194 g/mol. The van der Waals surface area contributed by atoms with E-state index in [2.05, 4.69) is 0 Å². The van der Waals surface area contributed by atoms with Crippen LogP contribution >= 0.6 is 49.6 Å². The Labute approximate surface area is 107 Å². The minimum atomic E-state index is 0. The molecule has 0 rings (SSSR count). The average Bonchev–Trinajstić information content (AvgIpc) is 0. The number of hydrogen-bond acceptors (Lipinski definition) is 0. The van der Waals surface area contributed by atoms with Crippen LogP contribution in [0.1, 0.15) is 0 Å². The summed E-state index contributed by atoms with van der Waals surface area (Å²) in [5.41, 5.74) is 0. The van der Waals surface area contributed by atoms with E-state index in [0.717, 1.165) is 0 Å². The first kappa shape index (κ1) is 61.1. The van der Waals surface area contributed by atoms with Crippen molar-refractivity contribution in [3.05, 3.63) is 0 Å². The Morgan fingerprint density at radius 1 is 0.333 bits per heavy atom. The summed E-state index contributed by atoms with van der Waals surface area (Å²) < 4.78 is 0. The molecule has 0 unspecified atom stereocenters. The second kappa shape index (κ2) is 41.9. The first-order valence-electron chi connectivity index (χ1n) is 0. The van der Waals surface area contributed by atoms with Crippen molar-refractivity contribution in [2.45, 2.75) is 0 Å². The Kier molecular flexibility index (Phi) is 426. The van der Waals surface area contributed by atoms with Gasteiger partial charge in [0.1, 0.15) is 0 Å². The third kappa shape index (κ3) is 27.2. The molecule has 0 heterocycles. The fourth-order valence-corrected chi connectivity index (χ4v) is 0. The first-order chi connectivity index (χ1) is 0. The van der Waals surface area contributed by atoms with Crippen molar-refractivity contribution in [1.82, 2.24) is 0 Å². The monoisotopic (exact) mass is 192 g/mol. The van der Waals surface area contributed by atoms with Crippen LogP contribution in [-0.4, -0.2) is 59.1 Å². The van der Waals surface area contributed by atoms with Crippen LogP contribution in [0.3, 0.4) is 0 Å². The van der Waals surface area contributed by atoms with Gasteiger partial charge < -0.3 is 0 Å². The van der Waals surface area contributed by atoms with E-state index in [0.29, 0.717) is 0 Å². The third-order valence-electron chi connectivity index (χ3n) is 0. The molecule has 0 aromatic rings. The zero-order chi connectivity index (χ0) is 0. The zero-order valence-electron chi connectivity index (χ0n) is 1.63. The van der Waals surface area contributed by atoms with Crippen LogP contribution in [0.4, 0.5) is 0 Å². The molecule has 6 heteroatoms. The number of halogens is 4. The minimum absolute atomic E-state index is 0. The molecule has 0 bridgehead atoms. The molecule has 36 valence electrons. The molecular formula is H6Cl4Na2. The fourth-order valence-electron chi connectivity index (χ4n) is 0. The van der Waals surface area contributed by atoms with Gasteiger partial charge in [-0.3, -0.25) is 0 Å². The normalized spacial score (nSPS) is 0. The van der Waals surface area contributed by atoms with Crippen molar-refractivity contribution in [2.24, 2.45) is 0 Å². The molecule has 0 aliphatic heterocycles. The van der Waals surface area contributed by atoms with Crippen molar-refractivity contribution < 1.29 is 0 Å². The van der Waals surface area contributed by atoms with Crippen molar-refractivity contribution in [3.63, 3.8) is 0 Å². The maximum absolute atomic E-state index is 0. The van der Waals surface area contributed by atoms with Crippen molar-refractivity contribution in [1.29, 1.82) is 0 Å². The Balaban J connectivity index is 0. The summed E-state index contributed by atoms with van der Waals surface area (Å²) in [7, 11) is 0. The summed E-state index contributed by atoms with van der Waals surface area (Å²) in [5.74, 6) is 0. The van der Waals surface area contributed by atoms with Gasteiger partial charge in [-0.05, 0) is 0 Å². The Morgan fingerprint density at radius 2 is 0.333 bits per heavy atom. The number of rotatable bonds is 0. The molecule has 0 saturated heterocycles. The van der Waals surface area contributed by atoms with Gasteiger partial charge in [0.15, 0.2) is 0 Å². The number of hydrogen-bond donors (Lipinski definition) is 0. The maximum atomic E-state index is 0. The molecule has 0 N–H and O–H groups in total. The first-order valence-corrected chi connectivity index (χ1v) is 0. The van der Waals surface area contributed by atoms with Gasteiger partial charge in [0.05, 0.1) is 0 Å². The Bertz CT molecular complexity index is 5.51. The van der Waals surface area contributed by atoms with Crippen LogP contribution in [0, 0.1) is 0 Å². The second-order valence-electron chi connectivity index (χ2n) is 0. The van der Waals surface area contributed by atoms with Crippen molar-refractivity contribution in [2.75, 3.05) is 0 Å². The summed E-state index contributed by atoms with van der Waals surface area (Å²) >= 11 is 0. The Hall–Kier alpha value is 3.16. The van der Waals surface area contributed by atoms with Gasteiger partial charge in [0.2, 0.25) is 0 Å². The fraction of sp³-hybridized carbons (Fsp3) is 0. The van der Waals surface area contributed by atoms with E-state index in [1.807, 2.05) is 0 Å². The van der Waals surface area contributed by atoms with Crippen LogP contribution in [0.2, 0.25) is 0 Å².